The van der Waals surface area contributed by atoms with Crippen molar-refractivity contribution in [1.82, 2.24) is 14.9 Å². The number of likely N-dealkylation sites (N-methyl/N-ethyl adjacent to an activating group) is 1. The van der Waals surface area contributed by atoms with Crippen molar-refractivity contribution in [3.63, 3.8) is 0 Å². The van der Waals surface area contributed by atoms with E-state index < -0.39 is 28.5 Å². The summed E-state index contributed by atoms with van der Waals surface area (Å²) in [5, 5.41) is 2.72. The molecule has 0 bridgehead atoms. The van der Waals surface area contributed by atoms with Crippen molar-refractivity contribution < 1.29 is 27.5 Å². The molecule has 0 aliphatic carbocycles. The Morgan fingerprint density at radius 2 is 1.88 bits per heavy atom. The Morgan fingerprint density at radius 3 is 2.58 bits per heavy atom. The lowest BCUT2D eigenvalue weighted by molar-refractivity contribution is -0.152. The Labute approximate surface area is 194 Å². The van der Waals surface area contributed by atoms with Gasteiger partial charge < -0.3 is 15.0 Å². The average Bonchev–Trinajstić information content (AvgIpc) is 3.02. The zero-order valence-corrected chi connectivity index (χ0v) is 20.1. The Kier molecular flexibility index (Phi) is 9.83. The number of nitrogens with zero attached hydrogens (tertiary/aromatic N) is 2. The Balaban J connectivity index is 1.65. The van der Waals surface area contributed by atoms with E-state index in [1.165, 1.54) is 11.0 Å². The SMILES string of the molecule is CCN(CC(=O)NC(C)C)C(=O)COC(=O)CCCCCN=C1NS(=O)(=O)c2ccccc21. The van der Waals surface area contributed by atoms with E-state index in [1.54, 1.807) is 25.1 Å². The van der Waals surface area contributed by atoms with E-state index >= 15 is 0 Å². The number of carbonyl (C=O) groups is 3. The van der Waals surface area contributed by atoms with Gasteiger partial charge in [0.1, 0.15) is 5.84 Å². The van der Waals surface area contributed by atoms with Gasteiger partial charge in [0.25, 0.3) is 15.9 Å². The molecule has 11 heteroatoms. The largest absolute Gasteiger partial charge is 0.456 e. The van der Waals surface area contributed by atoms with E-state index in [-0.39, 0.29) is 29.8 Å². The van der Waals surface area contributed by atoms with Gasteiger partial charge in [-0.1, -0.05) is 18.6 Å². The number of amidine groups is 1. The van der Waals surface area contributed by atoms with Crippen molar-refractivity contribution in [3.8, 4) is 0 Å². The van der Waals surface area contributed by atoms with Crippen LogP contribution in [0, 0.1) is 0 Å². The quantitative estimate of drug-likeness (QED) is 0.341. The summed E-state index contributed by atoms with van der Waals surface area (Å²) in [7, 11) is -3.54. The standard InChI is InChI=1S/C22H32N4O6S/c1-4-26(14-19(27)24-16(2)3)20(28)15-32-21(29)12-6-5-9-13-23-22-17-10-7-8-11-18(17)33(30,31)25-22/h7-8,10-11,16H,4-6,9,12-15H2,1-3H3,(H,23,25)(H,24,27). The van der Waals surface area contributed by atoms with E-state index in [0.717, 1.165) is 0 Å². The van der Waals surface area contributed by atoms with E-state index in [1.807, 2.05) is 13.8 Å². The Hall–Kier alpha value is -2.95. The molecular formula is C22H32N4O6S. The van der Waals surface area contributed by atoms with Crippen LogP contribution in [-0.2, 0) is 29.1 Å². The first-order chi connectivity index (χ1) is 15.6. The fourth-order valence-electron chi connectivity index (χ4n) is 3.22. The van der Waals surface area contributed by atoms with Gasteiger partial charge in [0.2, 0.25) is 5.91 Å². The first-order valence-electron chi connectivity index (χ1n) is 11.0. The van der Waals surface area contributed by atoms with Crippen LogP contribution in [0.5, 0.6) is 0 Å². The fourth-order valence-corrected chi connectivity index (χ4v) is 4.47. The number of aliphatic imine (C=N–C) groups is 1. The molecular weight excluding hydrogens is 448 g/mol. The van der Waals surface area contributed by atoms with Gasteiger partial charge in [0.15, 0.2) is 6.61 Å². The number of benzene rings is 1. The minimum absolute atomic E-state index is 0.0196. The first-order valence-corrected chi connectivity index (χ1v) is 12.5. The molecule has 0 radical (unpaired) electrons. The van der Waals surface area contributed by atoms with E-state index in [0.29, 0.717) is 43.8 Å². The van der Waals surface area contributed by atoms with Gasteiger partial charge >= 0.3 is 5.97 Å². The number of carbonyl (C=O) groups excluding carboxylic acids is 3. The molecule has 1 heterocycles. The second kappa shape index (κ2) is 12.3. The zero-order valence-electron chi connectivity index (χ0n) is 19.3. The predicted molar refractivity (Wildman–Crippen MR) is 123 cm³/mol. The molecule has 2 amide bonds. The van der Waals surface area contributed by atoms with Gasteiger partial charge in [0.05, 0.1) is 11.4 Å². The molecule has 182 valence electrons. The molecule has 2 rings (SSSR count). The molecule has 2 N–H and O–H groups in total. The highest BCUT2D eigenvalue weighted by atomic mass is 32.2. The van der Waals surface area contributed by atoms with Crippen LogP contribution >= 0.6 is 0 Å². The van der Waals surface area contributed by atoms with Crippen molar-refractivity contribution in [2.75, 3.05) is 26.2 Å². The number of sulfonamides is 1. The second-order valence-corrected chi connectivity index (χ2v) is 9.58. The Bertz CT molecular complexity index is 990. The highest BCUT2D eigenvalue weighted by Gasteiger charge is 2.29. The van der Waals surface area contributed by atoms with E-state index in [4.69, 9.17) is 4.74 Å². The molecule has 1 aliphatic rings. The van der Waals surface area contributed by atoms with Crippen LogP contribution in [0.4, 0.5) is 0 Å². The lowest BCUT2D eigenvalue weighted by Crippen LogP contribution is -2.44. The summed E-state index contributed by atoms with van der Waals surface area (Å²) in [4.78, 5) is 41.8. The average molecular weight is 481 g/mol. The summed E-state index contributed by atoms with van der Waals surface area (Å²) in [5.74, 6) is -0.815. The number of esters is 1. The van der Waals surface area contributed by atoms with Gasteiger partial charge in [-0.15, -0.1) is 0 Å². The fraction of sp³-hybridized carbons (Fsp3) is 0.545. The predicted octanol–water partition coefficient (Wildman–Crippen LogP) is 1.20. The van der Waals surface area contributed by atoms with Crippen LogP contribution in [0.3, 0.4) is 0 Å². The van der Waals surface area contributed by atoms with Crippen LogP contribution in [-0.4, -0.2) is 69.2 Å². The molecule has 0 aromatic heterocycles. The smallest absolute Gasteiger partial charge is 0.306 e. The summed E-state index contributed by atoms with van der Waals surface area (Å²) < 4.78 is 31.6. The topological polar surface area (TPSA) is 134 Å². The maximum Gasteiger partial charge on any atom is 0.306 e. The summed E-state index contributed by atoms with van der Waals surface area (Å²) in [5.41, 5.74) is 0.563. The summed E-state index contributed by atoms with van der Waals surface area (Å²) in [6, 6.07) is 6.65. The van der Waals surface area contributed by atoms with Crippen molar-refractivity contribution >= 4 is 33.6 Å². The molecule has 1 aliphatic heterocycles. The zero-order chi connectivity index (χ0) is 24.4. The van der Waals surface area contributed by atoms with Crippen LogP contribution in [0.2, 0.25) is 0 Å². The lowest BCUT2D eigenvalue weighted by Gasteiger charge is -2.21. The molecule has 33 heavy (non-hydrogen) atoms. The lowest BCUT2D eigenvalue weighted by atomic mass is 10.2. The van der Waals surface area contributed by atoms with Crippen molar-refractivity contribution in [1.29, 1.82) is 0 Å². The van der Waals surface area contributed by atoms with Gasteiger partial charge in [-0.3, -0.25) is 24.1 Å². The molecule has 1 aromatic carbocycles. The molecule has 0 saturated heterocycles. The van der Waals surface area contributed by atoms with Crippen LogP contribution in [0.15, 0.2) is 34.2 Å². The van der Waals surface area contributed by atoms with Gasteiger partial charge in [-0.05, 0) is 45.7 Å². The van der Waals surface area contributed by atoms with E-state index in [9.17, 15) is 22.8 Å². The molecule has 1 aromatic rings. The van der Waals surface area contributed by atoms with Gasteiger partial charge in [-0.25, -0.2) is 8.42 Å². The number of nitrogens with one attached hydrogen (secondary N) is 2. The third kappa shape index (κ3) is 8.16. The minimum atomic E-state index is -3.54. The van der Waals surface area contributed by atoms with Crippen molar-refractivity contribution in [2.45, 2.75) is 57.4 Å². The second-order valence-electron chi connectivity index (χ2n) is 7.93. The molecule has 0 saturated carbocycles. The molecule has 0 spiro atoms. The highest BCUT2D eigenvalue weighted by molar-refractivity contribution is 7.90. The maximum atomic E-state index is 12.2. The van der Waals surface area contributed by atoms with E-state index in [2.05, 4.69) is 15.0 Å². The maximum absolute atomic E-state index is 12.2. The molecule has 0 unspecified atom stereocenters. The highest BCUT2D eigenvalue weighted by Crippen LogP contribution is 2.22. The third-order valence-corrected chi connectivity index (χ3v) is 6.24. The molecule has 10 nitrogen and oxygen atoms in total. The summed E-state index contributed by atoms with van der Waals surface area (Å²) in [6.45, 7) is 5.71. The number of hydrogen-bond acceptors (Lipinski definition) is 7. The third-order valence-electron chi connectivity index (χ3n) is 4.85. The molecule has 0 fully saturated rings. The minimum Gasteiger partial charge on any atom is -0.456 e. The summed E-state index contributed by atoms with van der Waals surface area (Å²) >= 11 is 0. The number of hydrogen-bond donors (Lipinski definition) is 2. The molecule has 0 atom stereocenters. The van der Waals surface area contributed by atoms with Gasteiger partial charge in [0, 0.05) is 31.1 Å². The number of fused-ring (bicyclic) bond motifs is 1. The summed E-state index contributed by atoms with van der Waals surface area (Å²) in [6.07, 6.45) is 2.10. The number of ether oxygens (including phenoxy) is 1. The first kappa shape index (κ1) is 26.3. The Morgan fingerprint density at radius 1 is 1.15 bits per heavy atom. The van der Waals surface area contributed by atoms with Gasteiger partial charge in [-0.2, -0.15) is 0 Å². The van der Waals surface area contributed by atoms with Crippen LogP contribution in [0.1, 0.15) is 52.0 Å². The number of rotatable bonds is 12. The number of unbranched alkanes of at least 4 members (excludes halogenated alkanes) is 2. The van der Waals surface area contributed by atoms with Crippen LogP contribution in [0.25, 0.3) is 0 Å². The van der Waals surface area contributed by atoms with Crippen LogP contribution < -0.4 is 10.0 Å². The van der Waals surface area contributed by atoms with Crippen molar-refractivity contribution in [2.24, 2.45) is 4.99 Å². The monoisotopic (exact) mass is 480 g/mol. The number of amides is 2. The normalized spacial score (nSPS) is 15.1. The van der Waals surface area contributed by atoms with Crippen molar-refractivity contribution in [3.05, 3.63) is 29.8 Å².